The van der Waals surface area contributed by atoms with E-state index in [9.17, 15) is 9.18 Å². The molecule has 1 aromatic carbocycles. The minimum Gasteiger partial charge on any atom is -0.294 e. The maximum atomic E-state index is 13.7. The van der Waals surface area contributed by atoms with Gasteiger partial charge in [0.1, 0.15) is 5.82 Å². The highest BCUT2D eigenvalue weighted by molar-refractivity contribution is 5.98. The summed E-state index contributed by atoms with van der Waals surface area (Å²) in [6.45, 7) is 1.35. The number of hydrogen-bond acceptors (Lipinski definition) is 2. The van der Waals surface area contributed by atoms with Gasteiger partial charge in [0.05, 0.1) is 22.7 Å². The van der Waals surface area contributed by atoms with Gasteiger partial charge in [-0.15, -0.1) is 0 Å². The predicted molar refractivity (Wildman–Crippen MR) is 50.7 cm³/mol. The molecule has 2 rings (SSSR count). The lowest BCUT2D eigenvalue weighted by atomic mass is 10.1. The van der Waals surface area contributed by atoms with Crippen molar-refractivity contribution in [2.75, 3.05) is 0 Å². The van der Waals surface area contributed by atoms with E-state index in [1.807, 2.05) is 0 Å². The molecule has 2 aromatic rings. The smallest absolute Gasteiger partial charge is 0.162 e. The van der Waals surface area contributed by atoms with Crippen molar-refractivity contribution in [3.63, 3.8) is 0 Å². The zero-order valence-corrected chi connectivity index (χ0v) is 7.91. The summed E-state index contributed by atoms with van der Waals surface area (Å²) in [5, 5.41) is 4.31. The topological polar surface area (TPSA) is 34.9 Å². The Hall–Kier alpha value is -1.71. The molecule has 3 nitrogen and oxygen atoms in total. The van der Waals surface area contributed by atoms with E-state index < -0.39 is 5.82 Å². The van der Waals surface area contributed by atoms with Crippen LogP contribution < -0.4 is 0 Å². The van der Waals surface area contributed by atoms with Crippen LogP contribution in [0.2, 0.25) is 0 Å². The standard InChI is InChI=1S/C10H9FN2O/c1-6(14)7-3-4-9-8(10(7)11)5-12-13(9)2/h3-5H,1-2H3. The summed E-state index contributed by atoms with van der Waals surface area (Å²) in [4.78, 5) is 11.0. The van der Waals surface area contributed by atoms with Crippen molar-refractivity contribution >= 4 is 16.7 Å². The molecule has 0 aliphatic carbocycles. The molecular formula is C10H9FN2O. The van der Waals surface area contributed by atoms with Gasteiger partial charge in [-0.05, 0) is 19.1 Å². The molecule has 0 atom stereocenters. The molecule has 0 N–H and O–H groups in total. The molecule has 0 radical (unpaired) electrons. The average Bonchev–Trinajstić information content (AvgIpc) is 2.49. The quantitative estimate of drug-likeness (QED) is 0.647. The number of rotatable bonds is 1. The summed E-state index contributed by atoms with van der Waals surface area (Å²) in [5.41, 5.74) is 0.804. The summed E-state index contributed by atoms with van der Waals surface area (Å²) < 4.78 is 15.2. The molecule has 0 unspecified atom stereocenters. The Balaban J connectivity index is 2.82. The molecular weight excluding hydrogens is 183 g/mol. The molecule has 72 valence electrons. The lowest BCUT2D eigenvalue weighted by molar-refractivity contribution is 0.101. The second-order valence-corrected chi connectivity index (χ2v) is 3.18. The van der Waals surface area contributed by atoms with Gasteiger partial charge in [0.2, 0.25) is 0 Å². The Labute approximate surface area is 80.1 Å². The molecule has 0 saturated carbocycles. The van der Waals surface area contributed by atoms with Crippen LogP contribution in [0.25, 0.3) is 10.9 Å². The third kappa shape index (κ3) is 1.11. The third-order valence-electron chi connectivity index (χ3n) is 2.24. The molecule has 4 heteroatoms. The number of benzene rings is 1. The van der Waals surface area contributed by atoms with E-state index in [1.165, 1.54) is 19.2 Å². The summed E-state index contributed by atoms with van der Waals surface area (Å²) in [5.74, 6) is -0.753. The lowest BCUT2D eigenvalue weighted by Crippen LogP contribution is -1.97. The third-order valence-corrected chi connectivity index (χ3v) is 2.24. The number of ketones is 1. The Morgan fingerprint density at radius 2 is 2.21 bits per heavy atom. The van der Waals surface area contributed by atoms with E-state index >= 15 is 0 Å². The first kappa shape index (κ1) is 8.87. The van der Waals surface area contributed by atoms with Gasteiger partial charge in [0.25, 0.3) is 0 Å². The summed E-state index contributed by atoms with van der Waals surface area (Å²) >= 11 is 0. The molecule has 14 heavy (non-hydrogen) atoms. The van der Waals surface area contributed by atoms with Crippen LogP contribution in [0.3, 0.4) is 0 Å². The first-order chi connectivity index (χ1) is 6.61. The highest BCUT2D eigenvalue weighted by Gasteiger charge is 2.12. The summed E-state index contributed by atoms with van der Waals surface area (Å²) in [7, 11) is 1.73. The van der Waals surface area contributed by atoms with E-state index in [4.69, 9.17) is 0 Å². The Morgan fingerprint density at radius 1 is 1.50 bits per heavy atom. The fourth-order valence-electron chi connectivity index (χ4n) is 1.47. The molecule has 1 aromatic heterocycles. The minimum atomic E-state index is -0.483. The number of carbonyl (C=O) groups is 1. The van der Waals surface area contributed by atoms with E-state index in [1.54, 1.807) is 17.8 Å². The molecule has 1 heterocycles. The van der Waals surface area contributed by atoms with Crippen molar-refractivity contribution in [2.45, 2.75) is 6.92 Å². The van der Waals surface area contributed by atoms with E-state index in [2.05, 4.69) is 5.10 Å². The molecule has 0 bridgehead atoms. The maximum absolute atomic E-state index is 13.7. The van der Waals surface area contributed by atoms with Crippen molar-refractivity contribution in [3.8, 4) is 0 Å². The normalized spacial score (nSPS) is 10.8. The van der Waals surface area contributed by atoms with Gasteiger partial charge in [-0.1, -0.05) is 0 Å². The summed E-state index contributed by atoms with van der Waals surface area (Å²) in [6.07, 6.45) is 1.43. The van der Waals surface area contributed by atoms with Crippen LogP contribution in [0.1, 0.15) is 17.3 Å². The second kappa shape index (κ2) is 2.90. The average molecular weight is 192 g/mol. The van der Waals surface area contributed by atoms with Gasteiger partial charge in [-0.25, -0.2) is 4.39 Å². The number of aromatic nitrogens is 2. The SMILES string of the molecule is CC(=O)c1ccc2c(cnn2C)c1F. The van der Waals surface area contributed by atoms with Gasteiger partial charge in [0.15, 0.2) is 5.78 Å². The molecule has 0 amide bonds. The number of halogens is 1. The zero-order valence-electron chi connectivity index (χ0n) is 7.91. The van der Waals surface area contributed by atoms with Gasteiger partial charge in [0, 0.05) is 7.05 Å². The molecule has 0 aliphatic heterocycles. The van der Waals surface area contributed by atoms with Crippen LogP contribution in [0, 0.1) is 5.82 Å². The van der Waals surface area contributed by atoms with Crippen LogP contribution in [0.15, 0.2) is 18.3 Å². The second-order valence-electron chi connectivity index (χ2n) is 3.18. The molecule has 0 aliphatic rings. The largest absolute Gasteiger partial charge is 0.294 e. The molecule has 0 fully saturated rings. The minimum absolute atomic E-state index is 0.116. The zero-order chi connectivity index (χ0) is 10.3. The lowest BCUT2D eigenvalue weighted by Gasteiger charge is -1.99. The first-order valence-electron chi connectivity index (χ1n) is 4.22. The fourth-order valence-corrected chi connectivity index (χ4v) is 1.47. The molecule has 0 spiro atoms. The Bertz CT molecular complexity index is 516. The number of fused-ring (bicyclic) bond motifs is 1. The van der Waals surface area contributed by atoms with Crippen LogP contribution in [0.4, 0.5) is 4.39 Å². The first-order valence-corrected chi connectivity index (χ1v) is 4.22. The number of carbonyl (C=O) groups excluding carboxylic acids is 1. The van der Waals surface area contributed by atoms with Crippen molar-refractivity contribution in [1.29, 1.82) is 0 Å². The Kier molecular flexibility index (Phi) is 1.84. The van der Waals surface area contributed by atoms with E-state index in [0.717, 1.165) is 0 Å². The number of aryl methyl sites for hydroxylation is 1. The van der Waals surface area contributed by atoms with E-state index in [0.29, 0.717) is 10.9 Å². The van der Waals surface area contributed by atoms with Crippen LogP contribution >= 0.6 is 0 Å². The number of hydrogen-bond donors (Lipinski definition) is 0. The highest BCUT2D eigenvalue weighted by Crippen LogP contribution is 2.20. The number of Topliss-reactive ketones (excluding diaryl/α,β-unsaturated/α-hetero) is 1. The fraction of sp³-hybridized carbons (Fsp3) is 0.200. The highest BCUT2D eigenvalue weighted by atomic mass is 19.1. The van der Waals surface area contributed by atoms with Gasteiger partial charge in [-0.3, -0.25) is 9.48 Å². The summed E-state index contributed by atoms with van der Waals surface area (Å²) in [6, 6.07) is 3.18. The van der Waals surface area contributed by atoms with Crippen molar-refractivity contribution in [3.05, 3.63) is 29.7 Å². The maximum Gasteiger partial charge on any atom is 0.162 e. The van der Waals surface area contributed by atoms with Crippen LogP contribution in [-0.2, 0) is 7.05 Å². The number of nitrogens with zero attached hydrogens (tertiary/aromatic N) is 2. The van der Waals surface area contributed by atoms with Crippen molar-refractivity contribution in [2.24, 2.45) is 7.05 Å². The van der Waals surface area contributed by atoms with Crippen LogP contribution in [0.5, 0.6) is 0 Å². The van der Waals surface area contributed by atoms with Crippen molar-refractivity contribution in [1.82, 2.24) is 9.78 Å². The molecule has 0 saturated heterocycles. The Morgan fingerprint density at radius 3 is 2.86 bits per heavy atom. The van der Waals surface area contributed by atoms with Gasteiger partial charge in [-0.2, -0.15) is 5.10 Å². The van der Waals surface area contributed by atoms with Gasteiger partial charge >= 0.3 is 0 Å². The predicted octanol–water partition coefficient (Wildman–Crippen LogP) is 1.91. The van der Waals surface area contributed by atoms with Gasteiger partial charge < -0.3 is 0 Å². The van der Waals surface area contributed by atoms with E-state index in [-0.39, 0.29) is 11.3 Å². The monoisotopic (exact) mass is 192 g/mol. The van der Waals surface area contributed by atoms with Crippen LogP contribution in [-0.4, -0.2) is 15.6 Å². The van der Waals surface area contributed by atoms with Crippen molar-refractivity contribution < 1.29 is 9.18 Å².